The Hall–Kier alpha value is -4.55. The molecule has 1 atom stereocenters. The van der Waals surface area contributed by atoms with Gasteiger partial charge in [0.15, 0.2) is 12.3 Å². The number of imidazole rings is 1. The van der Waals surface area contributed by atoms with E-state index >= 15 is 0 Å². The topological polar surface area (TPSA) is 161 Å². The standard InChI is InChI=1S/C27H28FN9O2/c1-17(34-20-10-27(11-20)4-6-36(16-30)7-5-27)26(35-31)18-8-24-33-14-21(12-29)37(24)25(9-18)39-23(15-38)22-3-2-19(28)13-32-22/h2-3,8-9,13-14,20,23,38H,4-7,10-11,15,31H2,1H3/b34-17?,35-26+. The van der Waals surface area contributed by atoms with E-state index in [2.05, 4.69) is 27.3 Å². The van der Waals surface area contributed by atoms with Gasteiger partial charge in [-0.25, -0.2) is 9.37 Å². The number of piperidine rings is 1. The number of ether oxygens (including phenoxy) is 1. The fourth-order valence-electron chi connectivity index (χ4n) is 5.53. The first-order chi connectivity index (χ1) is 18.9. The highest BCUT2D eigenvalue weighted by atomic mass is 19.1. The largest absolute Gasteiger partial charge is 0.466 e. The average Bonchev–Trinajstić information content (AvgIpc) is 3.35. The van der Waals surface area contributed by atoms with E-state index in [0.717, 1.165) is 45.0 Å². The van der Waals surface area contributed by atoms with Crippen LogP contribution in [-0.4, -0.2) is 61.5 Å². The molecule has 1 aliphatic heterocycles. The number of fused-ring (bicyclic) bond motifs is 1. The molecule has 0 bridgehead atoms. The Morgan fingerprint density at radius 1 is 1.26 bits per heavy atom. The molecule has 39 heavy (non-hydrogen) atoms. The summed E-state index contributed by atoms with van der Waals surface area (Å²) in [5.74, 6) is 5.53. The van der Waals surface area contributed by atoms with Gasteiger partial charge in [0.05, 0.1) is 36.4 Å². The number of aliphatic imine (C=N–C) groups is 1. The molecule has 1 saturated carbocycles. The van der Waals surface area contributed by atoms with Crippen LogP contribution in [-0.2, 0) is 0 Å². The summed E-state index contributed by atoms with van der Waals surface area (Å²) in [5, 5.41) is 32.8. The number of nitrogens with two attached hydrogens (primary N) is 1. The van der Waals surface area contributed by atoms with Gasteiger partial charge in [-0.3, -0.25) is 14.4 Å². The van der Waals surface area contributed by atoms with Gasteiger partial charge in [-0.05, 0) is 56.2 Å². The summed E-state index contributed by atoms with van der Waals surface area (Å²) in [5.41, 5.74) is 2.91. The van der Waals surface area contributed by atoms with Gasteiger partial charge in [0.1, 0.15) is 28.9 Å². The molecule has 1 aliphatic carbocycles. The van der Waals surface area contributed by atoms with Crippen LogP contribution in [0.15, 0.2) is 46.8 Å². The lowest BCUT2D eigenvalue weighted by Gasteiger charge is -2.50. The maximum atomic E-state index is 13.4. The molecular weight excluding hydrogens is 501 g/mol. The van der Waals surface area contributed by atoms with E-state index in [4.69, 9.17) is 20.8 Å². The zero-order valence-electron chi connectivity index (χ0n) is 21.5. The number of nitrogens with zero attached hydrogens (tertiary/aromatic N) is 8. The Kier molecular flexibility index (Phi) is 7.13. The van der Waals surface area contributed by atoms with Gasteiger partial charge in [0, 0.05) is 24.7 Å². The van der Waals surface area contributed by atoms with E-state index in [1.165, 1.54) is 22.7 Å². The lowest BCUT2D eigenvalue weighted by atomic mass is 9.60. The Bertz CT molecular complexity index is 1500. The van der Waals surface area contributed by atoms with Crippen LogP contribution in [0.4, 0.5) is 4.39 Å². The second kappa shape index (κ2) is 10.7. The lowest BCUT2D eigenvalue weighted by Crippen LogP contribution is -2.47. The van der Waals surface area contributed by atoms with Crippen molar-refractivity contribution in [2.24, 2.45) is 21.4 Å². The second-order valence-corrected chi connectivity index (χ2v) is 10.1. The van der Waals surface area contributed by atoms with Crippen molar-refractivity contribution in [3.63, 3.8) is 0 Å². The molecule has 3 aromatic rings. The number of pyridine rings is 2. The highest BCUT2D eigenvalue weighted by molar-refractivity contribution is 6.47. The summed E-state index contributed by atoms with van der Waals surface area (Å²) in [6.45, 7) is 3.00. The highest BCUT2D eigenvalue weighted by Crippen LogP contribution is 2.50. The molecule has 3 aromatic heterocycles. The summed E-state index contributed by atoms with van der Waals surface area (Å²) in [6, 6.07) is 8.29. The molecule has 200 valence electrons. The molecule has 0 aromatic carbocycles. The zero-order chi connectivity index (χ0) is 27.6. The molecule has 11 nitrogen and oxygen atoms in total. The molecule has 2 fully saturated rings. The van der Waals surface area contributed by atoms with E-state index in [1.54, 1.807) is 12.1 Å². The van der Waals surface area contributed by atoms with Crippen LogP contribution in [0.1, 0.15) is 55.7 Å². The minimum absolute atomic E-state index is 0.148. The van der Waals surface area contributed by atoms with Crippen molar-refractivity contribution in [3.05, 3.63) is 59.4 Å². The Morgan fingerprint density at radius 3 is 2.64 bits per heavy atom. The Labute approximate surface area is 224 Å². The van der Waals surface area contributed by atoms with Crippen LogP contribution >= 0.6 is 0 Å². The molecule has 1 unspecified atom stereocenters. The predicted molar refractivity (Wildman–Crippen MR) is 140 cm³/mol. The van der Waals surface area contributed by atoms with Crippen LogP contribution < -0.4 is 10.6 Å². The van der Waals surface area contributed by atoms with Crippen LogP contribution in [0, 0.1) is 34.0 Å². The van der Waals surface area contributed by atoms with Crippen molar-refractivity contribution < 1.29 is 14.2 Å². The third kappa shape index (κ3) is 5.11. The summed E-state index contributed by atoms with van der Waals surface area (Å²) in [6.07, 6.45) is 7.69. The summed E-state index contributed by atoms with van der Waals surface area (Å²) >= 11 is 0. The molecule has 12 heteroatoms. The average molecular weight is 530 g/mol. The molecule has 1 saturated heterocycles. The van der Waals surface area contributed by atoms with Crippen molar-refractivity contribution in [1.29, 1.82) is 10.5 Å². The first kappa shape index (κ1) is 26.1. The number of hydrazone groups is 1. The normalized spacial score (nSPS) is 18.4. The maximum Gasteiger partial charge on any atom is 0.201 e. The molecule has 2 aliphatic rings. The van der Waals surface area contributed by atoms with Crippen molar-refractivity contribution >= 4 is 17.1 Å². The van der Waals surface area contributed by atoms with Crippen LogP contribution in [0.2, 0.25) is 0 Å². The predicted octanol–water partition coefficient (Wildman–Crippen LogP) is 2.70. The Morgan fingerprint density at radius 2 is 2.03 bits per heavy atom. The molecule has 1 spiro atoms. The van der Waals surface area contributed by atoms with Crippen molar-refractivity contribution in [2.45, 2.75) is 44.8 Å². The van der Waals surface area contributed by atoms with Gasteiger partial charge < -0.3 is 20.6 Å². The molecule has 3 N–H and O–H groups in total. The fourth-order valence-corrected chi connectivity index (χ4v) is 5.53. The third-order valence-corrected chi connectivity index (χ3v) is 7.62. The van der Waals surface area contributed by atoms with Crippen LogP contribution in [0.5, 0.6) is 5.88 Å². The second-order valence-electron chi connectivity index (χ2n) is 10.1. The number of rotatable bonds is 7. The number of halogens is 1. The van der Waals surface area contributed by atoms with Gasteiger partial charge >= 0.3 is 0 Å². The minimum atomic E-state index is -0.926. The fraction of sp³-hybridized carbons (Fsp3) is 0.407. The molecule has 0 amide bonds. The van der Waals surface area contributed by atoms with E-state index in [0.29, 0.717) is 28.3 Å². The molecule has 5 rings (SSSR count). The highest BCUT2D eigenvalue weighted by Gasteiger charge is 2.45. The van der Waals surface area contributed by atoms with Gasteiger partial charge in [-0.15, -0.1) is 0 Å². The first-order valence-corrected chi connectivity index (χ1v) is 12.7. The van der Waals surface area contributed by atoms with Gasteiger partial charge in [-0.1, -0.05) is 0 Å². The molecule has 4 heterocycles. The van der Waals surface area contributed by atoms with E-state index in [1.807, 2.05) is 11.8 Å². The smallest absolute Gasteiger partial charge is 0.201 e. The molecule has 0 radical (unpaired) electrons. The minimum Gasteiger partial charge on any atom is -0.466 e. The van der Waals surface area contributed by atoms with Gasteiger partial charge in [0.25, 0.3) is 0 Å². The van der Waals surface area contributed by atoms with E-state index in [-0.39, 0.29) is 23.0 Å². The van der Waals surface area contributed by atoms with Crippen molar-refractivity contribution in [1.82, 2.24) is 19.3 Å². The van der Waals surface area contributed by atoms with E-state index < -0.39 is 18.5 Å². The summed E-state index contributed by atoms with van der Waals surface area (Å²) < 4.78 is 21.0. The van der Waals surface area contributed by atoms with Crippen LogP contribution in [0.25, 0.3) is 5.65 Å². The van der Waals surface area contributed by atoms with Crippen molar-refractivity contribution in [3.8, 4) is 18.1 Å². The number of aliphatic hydroxyl groups is 1. The monoisotopic (exact) mass is 529 g/mol. The number of nitriles is 2. The maximum absolute atomic E-state index is 13.4. The zero-order valence-corrected chi connectivity index (χ0v) is 21.5. The quantitative estimate of drug-likeness (QED) is 0.204. The molecular formula is C27H28FN9O2. The number of hydrogen-bond acceptors (Lipinski definition) is 10. The van der Waals surface area contributed by atoms with Crippen LogP contribution in [0.3, 0.4) is 0 Å². The number of hydrogen-bond donors (Lipinski definition) is 2. The number of aliphatic hydroxyl groups excluding tert-OH is 1. The number of aromatic nitrogens is 3. The third-order valence-electron chi connectivity index (χ3n) is 7.62. The number of likely N-dealkylation sites (tertiary alicyclic amines) is 1. The van der Waals surface area contributed by atoms with E-state index in [9.17, 15) is 14.8 Å². The van der Waals surface area contributed by atoms with Gasteiger partial charge in [0.2, 0.25) is 5.88 Å². The van der Waals surface area contributed by atoms with Crippen molar-refractivity contribution in [2.75, 3.05) is 19.7 Å². The summed E-state index contributed by atoms with van der Waals surface area (Å²) in [7, 11) is 0. The lowest BCUT2D eigenvalue weighted by molar-refractivity contribution is 0.0357. The first-order valence-electron chi connectivity index (χ1n) is 12.7. The SMILES string of the molecule is CC(=NC1CC2(CCN(C#N)CC2)C1)/C(=N\N)c1cc(OC(CO)c2ccc(F)cn2)n2c(C#N)cnc2c1. The summed E-state index contributed by atoms with van der Waals surface area (Å²) in [4.78, 5) is 15.1. The van der Waals surface area contributed by atoms with Gasteiger partial charge in [-0.2, -0.15) is 15.6 Å². The Balaban J connectivity index is 1.42.